The first-order valence-corrected chi connectivity index (χ1v) is 21.9. The highest BCUT2D eigenvalue weighted by atomic mass is 16.3. The van der Waals surface area contributed by atoms with E-state index in [1.807, 2.05) is 18.2 Å². The second kappa shape index (κ2) is 14.3. The summed E-state index contributed by atoms with van der Waals surface area (Å²) in [6, 6.07) is 85.4. The van der Waals surface area contributed by atoms with E-state index in [2.05, 4.69) is 223 Å². The number of nitrogens with zero attached hydrogens (tertiary/aromatic N) is 1. The van der Waals surface area contributed by atoms with Crippen molar-refractivity contribution in [2.75, 3.05) is 4.90 Å². The third-order valence-electron chi connectivity index (χ3n) is 13.4. The quantitative estimate of drug-likeness (QED) is 0.160. The lowest BCUT2D eigenvalue weighted by molar-refractivity contribution is 0.669. The fourth-order valence-electron chi connectivity index (χ4n) is 10.6. The summed E-state index contributed by atoms with van der Waals surface area (Å²) in [7, 11) is 0. The lowest BCUT2D eigenvalue weighted by Crippen LogP contribution is -2.28. The molecule has 0 fully saturated rings. The Morgan fingerprint density at radius 2 is 0.906 bits per heavy atom. The summed E-state index contributed by atoms with van der Waals surface area (Å²) in [5, 5.41) is 4.48. The molecule has 1 aliphatic carbocycles. The highest BCUT2D eigenvalue weighted by molar-refractivity contribution is 6.10. The van der Waals surface area contributed by atoms with Crippen LogP contribution in [0.4, 0.5) is 17.1 Å². The minimum atomic E-state index is -0.533. The van der Waals surface area contributed by atoms with E-state index in [0.29, 0.717) is 0 Å². The van der Waals surface area contributed by atoms with Crippen LogP contribution in [0.2, 0.25) is 0 Å². The van der Waals surface area contributed by atoms with Gasteiger partial charge in [-0.3, -0.25) is 0 Å². The topological polar surface area (TPSA) is 29.5 Å². The van der Waals surface area contributed by atoms with Gasteiger partial charge >= 0.3 is 0 Å². The normalized spacial score (nSPS) is 12.8. The lowest BCUT2D eigenvalue weighted by atomic mass is 9.68. The maximum absolute atomic E-state index is 6.60. The van der Waals surface area contributed by atoms with Crippen molar-refractivity contribution in [1.29, 1.82) is 0 Å². The third kappa shape index (κ3) is 5.41. The summed E-state index contributed by atoms with van der Waals surface area (Å²) in [5.74, 6) is 0. The predicted octanol–water partition coefficient (Wildman–Crippen LogP) is 16.7. The van der Waals surface area contributed by atoms with Gasteiger partial charge in [0.05, 0.1) is 11.1 Å². The molecule has 12 aromatic rings. The van der Waals surface area contributed by atoms with Gasteiger partial charge in [-0.15, -0.1) is 0 Å². The number of rotatable bonds is 7. The number of benzene rings is 10. The lowest BCUT2D eigenvalue weighted by Gasteiger charge is -2.34. The fourth-order valence-corrected chi connectivity index (χ4v) is 10.6. The molecule has 2 heterocycles. The van der Waals surface area contributed by atoms with Crippen molar-refractivity contribution < 1.29 is 8.83 Å². The molecule has 1 aliphatic rings. The number of hydrogen-bond donors (Lipinski definition) is 0. The molecule has 2 aromatic heterocycles. The van der Waals surface area contributed by atoms with Crippen molar-refractivity contribution in [3.63, 3.8) is 0 Å². The van der Waals surface area contributed by atoms with Crippen LogP contribution >= 0.6 is 0 Å². The van der Waals surface area contributed by atoms with Gasteiger partial charge in [-0.25, -0.2) is 0 Å². The molecular weight excluding hydrogens is 779 g/mol. The van der Waals surface area contributed by atoms with Crippen molar-refractivity contribution in [2.45, 2.75) is 5.41 Å². The Balaban J connectivity index is 1.03. The Morgan fingerprint density at radius 3 is 1.69 bits per heavy atom. The summed E-state index contributed by atoms with van der Waals surface area (Å²) >= 11 is 0. The maximum Gasteiger partial charge on any atom is 0.143 e. The van der Waals surface area contributed by atoms with Crippen molar-refractivity contribution in [1.82, 2.24) is 0 Å². The van der Waals surface area contributed by atoms with E-state index in [1.54, 1.807) is 0 Å². The summed E-state index contributed by atoms with van der Waals surface area (Å²) in [5.41, 5.74) is 18.1. The first kappa shape index (κ1) is 36.3. The van der Waals surface area contributed by atoms with Gasteiger partial charge in [-0.05, 0) is 99.1 Å². The number of para-hydroxylation sites is 3. The Labute approximate surface area is 370 Å². The van der Waals surface area contributed by atoms with Gasteiger partial charge in [0.1, 0.15) is 22.3 Å². The van der Waals surface area contributed by atoms with Gasteiger partial charge in [0.15, 0.2) is 0 Å². The molecule has 300 valence electrons. The van der Waals surface area contributed by atoms with Gasteiger partial charge in [-0.2, -0.15) is 0 Å². The van der Waals surface area contributed by atoms with Crippen molar-refractivity contribution in [2.24, 2.45) is 0 Å². The average molecular weight is 818 g/mol. The van der Waals surface area contributed by atoms with Gasteiger partial charge in [0.25, 0.3) is 0 Å². The van der Waals surface area contributed by atoms with Gasteiger partial charge in [0.2, 0.25) is 0 Å². The van der Waals surface area contributed by atoms with Crippen LogP contribution in [-0.4, -0.2) is 0 Å². The molecule has 0 saturated heterocycles. The van der Waals surface area contributed by atoms with Crippen LogP contribution in [-0.2, 0) is 5.41 Å². The van der Waals surface area contributed by atoms with E-state index in [1.165, 1.54) is 33.4 Å². The summed E-state index contributed by atoms with van der Waals surface area (Å²) in [4.78, 5) is 2.44. The van der Waals surface area contributed by atoms with E-state index in [0.717, 1.165) is 83.2 Å². The van der Waals surface area contributed by atoms with Crippen molar-refractivity contribution >= 4 is 60.9 Å². The minimum absolute atomic E-state index is 0.533. The van der Waals surface area contributed by atoms with Crippen LogP contribution < -0.4 is 4.90 Å². The smallest absolute Gasteiger partial charge is 0.143 e. The fraction of sp³-hybridized carbons (Fsp3) is 0.0164. The molecule has 0 radical (unpaired) electrons. The molecule has 64 heavy (non-hydrogen) atoms. The molecule has 3 heteroatoms. The highest BCUT2D eigenvalue weighted by Gasteiger charge is 2.47. The summed E-state index contributed by atoms with van der Waals surface area (Å²) < 4.78 is 12.8. The number of anilines is 3. The molecule has 0 saturated carbocycles. The van der Waals surface area contributed by atoms with E-state index >= 15 is 0 Å². The van der Waals surface area contributed by atoms with Gasteiger partial charge < -0.3 is 13.7 Å². The molecule has 0 atom stereocenters. The molecule has 0 unspecified atom stereocenters. The van der Waals surface area contributed by atoms with Crippen LogP contribution in [0.3, 0.4) is 0 Å². The summed E-state index contributed by atoms with van der Waals surface area (Å²) in [6.45, 7) is 0. The van der Waals surface area contributed by atoms with E-state index in [-0.39, 0.29) is 0 Å². The van der Waals surface area contributed by atoms with Gasteiger partial charge in [-0.1, -0.05) is 182 Å². The maximum atomic E-state index is 6.60. The van der Waals surface area contributed by atoms with Crippen molar-refractivity contribution in [3.05, 3.63) is 259 Å². The summed E-state index contributed by atoms with van der Waals surface area (Å²) in [6.07, 6.45) is 0. The predicted molar refractivity (Wildman–Crippen MR) is 264 cm³/mol. The molecule has 0 N–H and O–H groups in total. The molecule has 0 bridgehead atoms. The largest absolute Gasteiger partial charge is 0.456 e. The Kier molecular flexibility index (Phi) is 8.13. The molecule has 0 amide bonds. The van der Waals surface area contributed by atoms with E-state index in [4.69, 9.17) is 8.83 Å². The molecule has 0 spiro atoms. The average Bonchev–Trinajstić information content (AvgIpc) is 4.04. The second-order valence-electron chi connectivity index (χ2n) is 16.7. The number of fused-ring (bicyclic) bond motifs is 9. The number of furan rings is 2. The zero-order valence-corrected chi connectivity index (χ0v) is 34.8. The second-order valence-corrected chi connectivity index (χ2v) is 16.7. The number of hydrogen-bond acceptors (Lipinski definition) is 3. The monoisotopic (exact) mass is 817 g/mol. The van der Waals surface area contributed by atoms with Crippen LogP contribution in [0.1, 0.15) is 22.3 Å². The van der Waals surface area contributed by atoms with Crippen LogP contribution in [0.15, 0.2) is 245 Å². The Hall–Kier alpha value is -8.40. The molecule has 10 aromatic carbocycles. The first-order valence-electron chi connectivity index (χ1n) is 21.9. The zero-order valence-electron chi connectivity index (χ0n) is 34.8. The third-order valence-corrected chi connectivity index (χ3v) is 13.4. The van der Waals surface area contributed by atoms with Crippen molar-refractivity contribution in [3.8, 4) is 33.4 Å². The van der Waals surface area contributed by atoms with Gasteiger partial charge in [0, 0.05) is 44.0 Å². The molecule has 0 aliphatic heterocycles. The SMILES string of the molecule is c1ccc(C2(c3ccccc3)c3ccccc3-c3c(N(c4ccc(-c5ccc6oc7ccccc7c6c5)cc4)c4cccc(-c5cccc6c5oc5ccccc56)c4)cccc32)cc1. The molecular formula is C61H39NO2. The van der Waals surface area contributed by atoms with Crippen LogP contribution in [0.5, 0.6) is 0 Å². The molecule has 13 rings (SSSR count). The molecule has 3 nitrogen and oxygen atoms in total. The van der Waals surface area contributed by atoms with Crippen LogP contribution in [0, 0.1) is 0 Å². The van der Waals surface area contributed by atoms with E-state index < -0.39 is 5.41 Å². The van der Waals surface area contributed by atoms with Crippen LogP contribution in [0.25, 0.3) is 77.3 Å². The standard InChI is InChI=1S/C61H39NO2/c1-3-17-43(18-4-1)61(44-19-5-2-6-20-44)53-27-10-7-24-51(53)59-54(61)28-15-29-55(59)62(45-35-32-40(33-36-45)41-34-37-58-52(39-41)49-23-9-11-30-56(49)63-58)46-21-13-16-42(38-46)47-25-14-26-50-48-22-8-12-31-57(48)64-60(47)50/h1-39H. The first-order chi connectivity index (χ1) is 31.7. The zero-order chi connectivity index (χ0) is 42.2. The Morgan fingerprint density at radius 1 is 0.328 bits per heavy atom. The Bertz CT molecular complexity index is 3690. The minimum Gasteiger partial charge on any atom is -0.456 e. The van der Waals surface area contributed by atoms with E-state index in [9.17, 15) is 0 Å². The highest BCUT2D eigenvalue weighted by Crippen LogP contribution is 2.59.